The van der Waals surface area contributed by atoms with Crippen molar-refractivity contribution in [2.45, 2.75) is 13.5 Å². The van der Waals surface area contributed by atoms with Gasteiger partial charge in [-0.1, -0.05) is 18.2 Å². The van der Waals surface area contributed by atoms with Crippen molar-refractivity contribution in [3.63, 3.8) is 0 Å². The van der Waals surface area contributed by atoms with Crippen LogP contribution in [-0.4, -0.2) is 18.9 Å². The van der Waals surface area contributed by atoms with Gasteiger partial charge in [0.15, 0.2) is 5.78 Å². The molecule has 5 heteroatoms. The molecule has 0 radical (unpaired) electrons. The Bertz CT molecular complexity index is 890. The first-order valence-corrected chi connectivity index (χ1v) is 7.42. The number of rotatable bonds is 5. The first-order valence-electron chi connectivity index (χ1n) is 7.42. The van der Waals surface area contributed by atoms with Crippen LogP contribution in [0.15, 0.2) is 52.9 Å². The SMILES string of the molecule is COCc1c(C(=O)Oc2ccc(C(C)=O)cc2)oc2ccccc12. The van der Waals surface area contributed by atoms with Crippen molar-refractivity contribution in [1.82, 2.24) is 0 Å². The van der Waals surface area contributed by atoms with E-state index in [9.17, 15) is 9.59 Å². The maximum Gasteiger partial charge on any atom is 0.380 e. The molecular formula is C19H16O5. The van der Waals surface area contributed by atoms with Gasteiger partial charge < -0.3 is 13.9 Å². The van der Waals surface area contributed by atoms with E-state index in [1.54, 1.807) is 37.4 Å². The summed E-state index contributed by atoms with van der Waals surface area (Å²) in [4.78, 5) is 23.7. The Balaban J connectivity index is 1.90. The fourth-order valence-corrected chi connectivity index (χ4v) is 2.46. The number of fused-ring (bicyclic) bond motifs is 1. The number of furan rings is 1. The van der Waals surface area contributed by atoms with Crippen LogP contribution < -0.4 is 4.74 Å². The lowest BCUT2D eigenvalue weighted by molar-refractivity contribution is 0.0697. The summed E-state index contributed by atoms with van der Waals surface area (Å²) >= 11 is 0. The van der Waals surface area contributed by atoms with Gasteiger partial charge in [-0.15, -0.1) is 0 Å². The van der Waals surface area contributed by atoms with Crippen molar-refractivity contribution in [2.75, 3.05) is 7.11 Å². The number of ketones is 1. The van der Waals surface area contributed by atoms with E-state index in [0.29, 0.717) is 22.5 Å². The molecule has 0 saturated heterocycles. The molecule has 1 heterocycles. The predicted octanol–water partition coefficient (Wildman–Crippen LogP) is 4.00. The van der Waals surface area contributed by atoms with Gasteiger partial charge in [-0.3, -0.25) is 4.79 Å². The molecule has 122 valence electrons. The number of carbonyl (C=O) groups excluding carboxylic acids is 2. The van der Waals surface area contributed by atoms with Gasteiger partial charge >= 0.3 is 5.97 Å². The van der Waals surface area contributed by atoms with E-state index in [1.165, 1.54) is 6.92 Å². The lowest BCUT2D eigenvalue weighted by atomic mass is 10.1. The first kappa shape index (κ1) is 16.0. The molecule has 0 spiro atoms. The Morgan fingerprint density at radius 2 is 1.75 bits per heavy atom. The number of hydrogen-bond acceptors (Lipinski definition) is 5. The minimum absolute atomic E-state index is 0.0486. The summed E-state index contributed by atoms with van der Waals surface area (Å²) in [6, 6.07) is 13.7. The molecule has 5 nitrogen and oxygen atoms in total. The molecule has 2 aromatic carbocycles. The van der Waals surface area contributed by atoms with Crippen LogP contribution in [0.5, 0.6) is 5.75 Å². The number of Topliss-reactive ketones (excluding diaryl/α,β-unsaturated/α-hetero) is 1. The maximum atomic E-state index is 12.5. The summed E-state index contributed by atoms with van der Waals surface area (Å²) in [6.07, 6.45) is 0. The number of benzene rings is 2. The van der Waals surface area contributed by atoms with E-state index in [1.807, 2.05) is 18.2 Å². The summed E-state index contributed by atoms with van der Waals surface area (Å²) < 4.78 is 16.2. The van der Waals surface area contributed by atoms with Crippen molar-refractivity contribution >= 4 is 22.7 Å². The Labute approximate surface area is 138 Å². The van der Waals surface area contributed by atoms with Gasteiger partial charge in [0.25, 0.3) is 0 Å². The van der Waals surface area contributed by atoms with Gasteiger partial charge in [-0.05, 0) is 37.3 Å². The minimum atomic E-state index is -0.603. The number of esters is 1. The highest BCUT2D eigenvalue weighted by atomic mass is 16.5. The zero-order chi connectivity index (χ0) is 17.1. The van der Waals surface area contributed by atoms with Gasteiger partial charge in [0.2, 0.25) is 5.76 Å². The molecule has 3 aromatic rings. The molecule has 0 aliphatic carbocycles. The van der Waals surface area contributed by atoms with Crippen molar-refractivity contribution in [2.24, 2.45) is 0 Å². The van der Waals surface area contributed by atoms with Crippen LogP contribution in [0.25, 0.3) is 11.0 Å². The summed E-state index contributed by atoms with van der Waals surface area (Å²) in [5.41, 5.74) is 1.81. The normalized spacial score (nSPS) is 10.8. The fourth-order valence-electron chi connectivity index (χ4n) is 2.46. The van der Waals surface area contributed by atoms with Crippen LogP contribution >= 0.6 is 0 Å². The standard InChI is InChI=1S/C19H16O5/c1-12(20)13-7-9-14(10-8-13)23-19(21)18-16(11-22-2)15-5-3-4-6-17(15)24-18/h3-10H,11H2,1-2H3. The van der Waals surface area contributed by atoms with Crippen molar-refractivity contribution in [3.8, 4) is 5.75 Å². The second-order valence-corrected chi connectivity index (χ2v) is 5.31. The van der Waals surface area contributed by atoms with E-state index in [2.05, 4.69) is 0 Å². The third-order valence-corrected chi connectivity index (χ3v) is 3.64. The fraction of sp³-hybridized carbons (Fsp3) is 0.158. The largest absolute Gasteiger partial charge is 0.449 e. The van der Waals surface area contributed by atoms with Crippen LogP contribution in [-0.2, 0) is 11.3 Å². The van der Waals surface area contributed by atoms with Gasteiger partial charge in [-0.2, -0.15) is 0 Å². The molecule has 0 amide bonds. The minimum Gasteiger partial charge on any atom is -0.449 e. The van der Waals surface area contributed by atoms with Gasteiger partial charge in [0.1, 0.15) is 11.3 Å². The number of para-hydroxylation sites is 1. The van der Waals surface area contributed by atoms with Gasteiger partial charge in [0.05, 0.1) is 6.61 Å². The highest BCUT2D eigenvalue weighted by molar-refractivity contribution is 5.97. The molecule has 0 saturated carbocycles. The maximum absolute atomic E-state index is 12.5. The quantitative estimate of drug-likeness (QED) is 0.403. The Kier molecular flexibility index (Phi) is 4.44. The molecular weight excluding hydrogens is 308 g/mol. The molecule has 0 unspecified atom stereocenters. The predicted molar refractivity (Wildman–Crippen MR) is 88.3 cm³/mol. The van der Waals surface area contributed by atoms with Crippen LogP contribution in [0.1, 0.15) is 33.4 Å². The summed E-state index contributed by atoms with van der Waals surface area (Å²) in [5, 5.41) is 0.818. The zero-order valence-corrected chi connectivity index (χ0v) is 13.4. The van der Waals surface area contributed by atoms with E-state index in [-0.39, 0.29) is 18.2 Å². The Morgan fingerprint density at radius 3 is 2.42 bits per heavy atom. The Morgan fingerprint density at radius 1 is 1.04 bits per heavy atom. The van der Waals surface area contributed by atoms with Crippen molar-refractivity contribution in [1.29, 1.82) is 0 Å². The molecule has 0 aliphatic heterocycles. The topological polar surface area (TPSA) is 65.7 Å². The van der Waals surface area contributed by atoms with Gasteiger partial charge in [0, 0.05) is 23.6 Å². The highest BCUT2D eigenvalue weighted by Crippen LogP contribution is 2.27. The number of carbonyl (C=O) groups is 2. The molecule has 0 atom stereocenters. The molecule has 0 fully saturated rings. The second kappa shape index (κ2) is 6.68. The molecule has 1 aromatic heterocycles. The number of hydrogen-bond donors (Lipinski definition) is 0. The molecule has 3 rings (SSSR count). The van der Waals surface area contributed by atoms with Crippen LogP contribution in [0.2, 0.25) is 0 Å². The van der Waals surface area contributed by atoms with Crippen LogP contribution in [0.4, 0.5) is 0 Å². The van der Waals surface area contributed by atoms with Crippen LogP contribution in [0.3, 0.4) is 0 Å². The van der Waals surface area contributed by atoms with Crippen molar-refractivity contribution < 1.29 is 23.5 Å². The smallest absolute Gasteiger partial charge is 0.380 e. The number of methoxy groups -OCH3 is 1. The lowest BCUT2D eigenvalue weighted by Gasteiger charge is -2.05. The van der Waals surface area contributed by atoms with E-state index in [0.717, 1.165) is 5.39 Å². The summed E-state index contributed by atoms with van der Waals surface area (Å²) in [7, 11) is 1.55. The van der Waals surface area contributed by atoms with E-state index in [4.69, 9.17) is 13.9 Å². The van der Waals surface area contributed by atoms with E-state index < -0.39 is 5.97 Å². The molecule has 0 aliphatic rings. The average molecular weight is 324 g/mol. The monoisotopic (exact) mass is 324 g/mol. The third kappa shape index (κ3) is 3.07. The summed E-state index contributed by atoms with van der Waals surface area (Å²) in [5.74, 6) is -0.191. The third-order valence-electron chi connectivity index (χ3n) is 3.64. The first-order chi connectivity index (χ1) is 11.6. The lowest BCUT2D eigenvalue weighted by Crippen LogP contribution is -2.10. The molecule has 0 N–H and O–H groups in total. The number of ether oxygens (including phenoxy) is 2. The Hall–Kier alpha value is -2.92. The van der Waals surface area contributed by atoms with E-state index >= 15 is 0 Å². The van der Waals surface area contributed by atoms with Gasteiger partial charge in [-0.25, -0.2) is 4.79 Å². The molecule has 0 bridgehead atoms. The molecule has 24 heavy (non-hydrogen) atoms. The van der Waals surface area contributed by atoms with Crippen LogP contribution in [0, 0.1) is 0 Å². The zero-order valence-electron chi connectivity index (χ0n) is 13.4. The summed E-state index contributed by atoms with van der Waals surface area (Å²) in [6.45, 7) is 1.72. The average Bonchev–Trinajstić information content (AvgIpc) is 2.95. The van der Waals surface area contributed by atoms with Crippen molar-refractivity contribution in [3.05, 3.63) is 65.4 Å². The second-order valence-electron chi connectivity index (χ2n) is 5.31. The highest BCUT2D eigenvalue weighted by Gasteiger charge is 2.22.